The molecule has 1 unspecified atom stereocenters. The average Bonchev–Trinajstić information content (AvgIpc) is 3.21. The monoisotopic (exact) mass is 582 g/mol. The van der Waals surface area contributed by atoms with Gasteiger partial charge >= 0.3 is 0 Å². The summed E-state index contributed by atoms with van der Waals surface area (Å²) in [6.45, 7) is 0.538. The lowest BCUT2D eigenvalue weighted by molar-refractivity contribution is -0.201. The first-order valence-electron chi connectivity index (χ1n) is 13.9. The van der Waals surface area contributed by atoms with Crippen molar-refractivity contribution in [1.82, 2.24) is 15.5 Å². The van der Waals surface area contributed by atoms with E-state index in [0.29, 0.717) is 24.1 Å². The zero-order valence-corrected chi connectivity index (χ0v) is 22.8. The van der Waals surface area contributed by atoms with E-state index in [1.54, 1.807) is 36.4 Å². The van der Waals surface area contributed by atoms with E-state index in [1.165, 1.54) is 6.07 Å². The van der Waals surface area contributed by atoms with Crippen LogP contribution in [0, 0.1) is 23.2 Å². The number of alkyl halides is 2. The van der Waals surface area contributed by atoms with Crippen molar-refractivity contribution in [3.8, 4) is 17.2 Å². The van der Waals surface area contributed by atoms with Crippen LogP contribution in [-0.4, -0.2) is 58.3 Å². The van der Waals surface area contributed by atoms with Crippen LogP contribution in [0.25, 0.3) is 11.1 Å². The molecule has 0 aromatic heterocycles. The lowest BCUT2D eigenvalue weighted by Gasteiger charge is -2.54. The Hall–Kier alpha value is -3.55. The number of hydrogen-bond acceptors (Lipinski definition) is 5. The molecule has 3 aliphatic heterocycles. The van der Waals surface area contributed by atoms with Crippen LogP contribution in [-0.2, 0) is 20.0 Å². The minimum Gasteiger partial charge on any atom is -0.372 e. The second kappa shape index (κ2) is 10.1. The van der Waals surface area contributed by atoms with Crippen molar-refractivity contribution >= 4 is 29.3 Å². The number of benzene rings is 2. The van der Waals surface area contributed by atoms with Gasteiger partial charge in [-0.25, -0.2) is 8.78 Å². The van der Waals surface area contributed by atoms with Gasteiger partial charge in [0.15, 0.2) is 5.60 Å². The molecule has 0 spiro atoms. The molecule has 3 saturated heterocycles. The topological polar surface area (TPSA) is 123 Å². The van der Waals surface area contributed by atoms with Crippen LogP contribution in [0.2, 0.25) is 5.02 Å². The number of nitrogens with zero attached hydrogens (tertiary/aromatic N) is 2. The molecule has 2 bridgehead atoms. The third-order valence-corrected chi connectivity index (χ3v) is 9.35. The molecule has 1 saturated carbocycles. The highest BCUT2D eigenvalue weighted by atomic mass is 35.5. The van der Waals surface area contributed by atoms with Gasteiger partial charge in [-0.05, 0) is 55.4 Å². The highest BCUT2D eigenvalue weighted by Crippen LogP contribution is 2.54. The second-order valence-electron chi connectivity index (χ2n) is 11.5. The fraction of sp³-hybridized carbons (Fsp3) is 0.467. The summed E-state index contributed by atoms with van der Waals surface area (Å²) in [6, 6.07) is 9.88. The largest absolute Gasteiger partial charge is 0.372 e. The van der Waals surface area contributed by atoms with Gasteiger partial charge in [0.25, 0.3) is 11.8 Å². The molecular weight excluding hydrogens is 554 g/mol. The molecule has 0 radical (unpaired) electrons. The van der Waals surface area contributed by atoms with E-state index in [2.05, 4.69) is 10.6 Å². The minimum atomic E-state index is -3.22. The lowest BCUT2D eigenvalue weighted by Crippen LogP contribution is -2.70. The van der Waals surface area contributed by atoms with E-state index in [-0.39, 0.29) is 41.3 Å². The van der Waals surface area contributed by atoms with Crippen LogP contribution in [0.5, 0.6) is 0 Å². The Kier molecular flexibility index (Phi) is 6.78. The van der Waals surface area contributed by atoms with Crippen LogP contribution in [0.1, 0.15) is 49.7 Å². The number of carbonyl (C=O) groups excluding carboxylic acids is 3. The number of piperidine rings is 3. The van der Waals surface area contributed by atoms with Crippen molar-refractivity contribution in [2.45, 2.75) is 68.2 Å². The Morgan fingerprint density at radius 2 is 1.93 bits per heavy atom. The molecule has 8 nitrogen and oxygen atoms in total. The molecular formula is C30H29ClF2N4O4. The summed E-state index contributed by atoms with van der Waals surface area (Å²) in [5, 5.41) is 27.6. The Labute approximate surface area is 240 Å². The third-order valence-electron chi connectivity index (χ3n) is 9.12. The van der Waals surface area contributed by atoms with E-state index in [1.807, 2.05) is 6.07 Å². The van der Waals surface area contributed by atoms with E-state index in [4.69, 9.17) is 11.6 Å². The SMILES string of the molecule is N#C[C@@H](C[C@@H]1CCCNC1=O)NC(=O)[C@H]1[C@H]2CC[C@H](CC2(F)F)N1C(=O)C1(O)c2ccccc2-c2ccc(Cl)cc21. The van der Waals surface area contributed by atoms with Crippen LogP contribution in [0.3, 0.4) is 0 Å². The van der Waals surface area contributed by atoms with E-state index >= 15 is 8.78 Å². The minimum absolute atomic E-state index is 0.0131. The first kappa shape index (κ1) is 27.6. The maximum atomic E-state index is 15.3. The van der Waals surface area contributed by atoms with Gasteiger partial charge in [-0.2, -0.15) is 5.26 Å². The van der Waals surface area contributed by atoms with E-state index in [9.17, 15) is 24.8 Å². The Balaban J connectivity index is 1.36. The number of rotatable bonds is 5. The number of aliphatic hydroxyl groups is 1. The molecule has 2 aromatic carbocycles. The van der Waals surface area contributed by atoms with Gasteiger partial charge in [0.1, 0.15) is 12.1 Å². The van der Waals surface area contributed by atoms with E-state index in [0.717, 1.165) is 11.3 Å². The molecule has 41 heavy (non-hydrogen) atoms. The smallest absolute Gasteiger partial charge is 0.264 e. The normalized spacial score (nSPS) is 30.0. The maximum absolute atomic E-state index is 15.3. The van der Waals surface area contributed by atoms with Crippen molar-refractivity contribution < 1.29 is 28.3 Å². The Morgan fingerprint density at radius 1 is 1.17 bits per heavy atom. The first-order chi connectivity index (χ1) is 19.6. The zero-order chi connectivity index (χ0) is 29.1. The summed E-state index contributed by atoms with van der Waals surface area (Å²) < 4.78 is 30.6. The van der Waals surface area contributed by atoms with Gasteiger partial charge in [-0.15, -0.1) is 0 Å². The molecule has 2 aliphatic carbocycles. The molecule has 3 heterocycles. The summed E-state index contributed by atoms with van der Waals surface area (Å²) in [4.78, 5) is 41.6. The number of halogens is 3. The van der Waals surface area contributed by atoms with Crippen LogP contribution >= 0.6 is 11.6 Å². The first-order valence-corrected chi connectivity index (χ1v) is 14.2. The van der Waals surface area contributed by atoms with Gasteiger partial charge in [-0.1, -0.05) is 41.9 Å². The van der Waals surface area contributed by atoms with Gasteiger partial charge in [0.2, 0.25) is 11.8 Å². The van der Waals surface area contributed by atoms with Crippen molar-refractivity contribution in [3.63, 3.8) is 0 Å². The summed E-state index contributed by atoms with van der Waals surface area (Å²) in [7, 11) is 0. The van der Waals surface area contributed by atoms with Crippen LogP contribution in [0.15, 0.2) is 42.5 Å². The summed E-state index contributed by atoms with van der Waals surface area (Å²) in [6.07, 6.45) is 0.943. The van der Waals surface area contributed by atoms with Gasteiger partial charge < -0.3 is 20.6 Å². The third kappa shape index (κ3) is 4.37. The fourth-order valence-corrected chi connectivity index (χ4v) is 7.36. The molecule has 4 fully saturated rings. The summed E-state index contributed by atoms with van der Waals surface area (Å²) in [5.74, 6) is -7.19. The van der Waals surface area contributed by atoms with Crippen molar-refractivity contribution in [2.75, 3.05) is 6.54 Å². The molecule has 214 valence electrons. The quantitative estimate of drug-likeness (QED) is 0.498. The number of hydrogen-bond donors (Lipinski definition) is 3. The summed E-state index contributed by atoms with van der Waals surface area (Å²) in [5.41, 5.74) is -0.546. The molecule has 3 amide bonds. The molecule has 6 atom stereocenters. The lowest BCUT2D eigenvalue weighted by atomic mass is 9.70. The molecule has 2 aromatic rings. The maximum Gasteiger partial charge on any atom is 0.264 e. The van der Waals surface area contributed by atoms with Gasteiger partial charge in [-0.3, -0.25) is 14.4 Å². The van der Waals surface area contributed by atoms with Crippen molar-refractivity contribution in [2.24, 2.45) is 11.8 Å². The highest BCUT2D eigenvalue weighted by Gasteiger charge is 2.63. The van der Waals surface area contributed by atoms with Crippen LogP contribution in [0.4, 0.5) is 8.78 Å². The second-order valence-corrected chi connectivity index (χ2v) is 11.9. The Morgan fingerprint density at radius 3 is 2.66 bits per heavy atom. The zero-order valence-electron chi connectivity index (χ0n) is 22.1. The molecule has 3 N–H and O–H groups in total. The number of nitrogens with one attached hydrogen (secondary N) is 2. The van der Waals surface area contributed by atoms with Gasteiger partial charge in [0, 0.05) is 41.1 Å². The van der Waals surface area contributed by atoms with Crippen molar-refractivity contribution in [1.29, 1.82) is 5.26 Å². The number of nitriles is 1. The molecule has 7 rings (SSSR count). The van der Waals surface area contributed by atoms with Gasteiger partial charge in [0.05, 0.1) is 12.0 Å². The predicted octanol–water partition coefficient (Wildman–Crippen LogP) is 3.50. The number of amides is 3. The standard InChI is InChI=1S/C30H29ClF2N4O4/c31-17-7-9-21-20-5-1-2-6-22(20)30(41,24(21)13-17)28(40)37-19-8-10-23(29(32,33)14-19)25(37)27(39)36-18(15-34)12-16-4-3-11-35-26(16)38/h1-2,5-7,9,13,16,18-19,23,25,41H,3-4,8,10-12,14H2,(H,35,38)(H,36,39)/t16-,18+,19+,23+,25+,30?/m0/s1. The average molecular weight is 583 g/mol. The molecule has 11 heteroatoms. The predicted molar refractivity (Wildman–Crippen MR) is 144 cm³/mol. The highest BCUT2D eigenvalue weighted by molar-refractivity contribution is 6.31. The van der Waals surface area contributed by atoms with Crippen molar-refractivity contribution in [3.05, 3.63) is 58.6 Å². The molecule has 5 aliphatic rings. The fourth-order valence-electron chi connectivity index (χ4n) is 7.19. The number of fused-ring (bicyclic) bond motifs is 6. The van der Waals surface area contributed by atoms with E-state index < -0.39 is 59.7 Å². The number of carbonyl (C=O) groups is 3. The van der Waals surface area contributed by atoms with Crippen LogP contribution < -0.4 is 10.6 Å². The Bertz CT molecular complexity index is 1480. The summed E-state index contributed by atoms with van der Waals surface area (Å²) >= 11 is 6.27.